The van der Waals surface area contributed by atoms with Crippen molar-refractivity contribution in [2.75, 3.05) is 17.5 Å². The van der Waals surface area contributed by atoms with Crippen molar-refractivity contribution >= 4 is 27.5 Å². The molecule has 3 N–H and O–H groups in total. The first-order chi connectivity index (χ1) is 10.1. The third-order valence-electron chi connectivity index (χ3n) is 2.86. The minimum atomic E-state index is -3.69. The number of benzene rings is 1. The molecule has 2 aromatic rings. The van der Waals surface area contributed by atoms with Crippen LogP contribution >= 0.6 is 11.8 Å². The molecule has 21 heavy (non-hydrogen) atoms. The summed E-state index contributed by atoms with van der Waals surface area (Å²) < 4.78 is 27.6. The van der Waals surface area contributed by atoms with Crippen molar-refractivity contribution in [3.05, 3.63) is 36.0 Å². The number of hydrogen-bond acceptors (Lipinski definition) is 5. The molecular weight excluding hydrogens is 308 g/mol. The predicted molar refractivity (Wildman–Crippen MR) is 85.0 cm³/mol. The number of aromatic nitrogens is 2. The molecule has 2 rings (SSSR count). The smallest absolute Gasteiger partial charge is 0.279 e. The molecule has 0 atom stereocenters. The molecule has 0 saturated carbocycles. The van der Waals surface area contributed by atoms with Crippen LogP contribution in [0.1, 0.15) is 12.5 Å². The number of rotatable bonds is 7. The first-order valence-electron chi connectivity index (χ1n) is 6.47. The van der Waals surface area contributed by atoms with Gasteiger partial charge in [0.1, 0.15) is 0 Å². The van der Waals surface area contributed by atoms with Gasteiger partial charge in [-0.1, -0.05) is 19.1 Å². The van der Waals surface area contributed by atoms with E-state index < -0.39 is 10.0 Å². The molecule has 0 unspecified atom stereocenters. The highest BCUT2D eigenvalue weighted by molar-refractivity contribution is 7.99. The summed E-state index contributed by atoms with van der Waals surface area (Å²) >= 11 is 1.49. The largest absolute Gasteiger partial charge is 0.313 e. The maximum Gasteiger partial charge on any atom is 0.279 e. The van der Waals surface area contributed by atoms with Crippen LogP contribution in [0.15, 0.2) is 40.4 Å². The Morgan fingerprint density at radius 3 is 2.81 bits per heavy atom. The predicted octanol–water partition coefficient (Wildman–Crippen LogP) is 2.04. The average Bonchev–Trinajstić information content (AvgIpc) is 2.94. The maximum atomic E-state index is 12.5. The molecule has 0 bridgehead atoms. The molecule has 114 valence electrons. The molecular formula is C13H18N4O2S2. The van der Waals surface area contributed by atoms with Crippen LogP contribution in [-0.2, 0) is 16.6 Å². The van der Waals surface area contributed by atoms with Crippen molar-refractivity contribution in [1.82, 2.24) is 15.5 Å². The fourth-order valence-corrected chi connectivity index (χ4v) is 3.67. The number of thioether (sulfide) groups is 1. The lowest BCUT2D eigenvalue weighted by atomic mass is 10.3. The second-order valence-electron chi connectivity index (χ2n) is 4.31. The van der Waals surface area contributed by atoms with E-state index >= 15 is 0 Å². The van der Waals surface area contributed by atoms with Gasteiger partial charge in [-0.05, 0) is 24.9 Å². The molecule has 0 aliphatic heterocycles. The number of H-pyrrole nitrogens is 1. The Morgan fingerprint density at radius 2 is 2.10 bits per heavy atom. The first kappa shape index (κ1) is 15.9. The van der Waals surface area contributed by atoms with E-state index in [0.717, 1.165) is 11.4 Å². The number of hydrogen-bond donors (Lipinski definition) is 3. The second-order valence-corrected chi connectivity index (χ2v) is 6.78. The van der Waals surface area contributed by atoms with Gasteiger partial charge in [-0.3, -0.25) is 9.82 Å². The molecule has 0 saturated heterocycles. The minimum Gasteiger partial charge on any atom is -0.313 e. The summed E-state index contributed by atoms with van der Waals surface area (Å²) in [5, 5.41) is 9.59. The van der Waals surface area contributed by atoms with Gasteiger partial charge in [0.15, 0.2) is 5.03 Å². The number of aromatic amines is 1. The number of nitrogens with zero attached hydrogens (tertiary/aromatic N) is 1. The van der Waals surface area contributed by atoms with Crippen LogP contribution in [0.2, 0.25) is 0 Å². The minimum absolute atomic E-state index is 0.0966. The summed E-state index contributed by atoms with van der Waals surface area (Å²) in [6.07, 6.45) is 3.43. The summed E-state index contributed by atoms with van der Waals surface area (Å²) in [6, 6.07) is 7.28. The Bertz CT molecular complexity index is 698. The van der Waals surface area contributed by atoms with Gasteiger partial charge in [0.2, 0.25) is 0 Å². The van der Waals surface area contributed by atoms with E-state index in [1.807, 2.05) is 25.3 Å². The lowest BCUT2D eigenvalue weighted by Crippen LogP contribution is -2.18. The van der Waals surface area contributed by atoms with Crippen LogP contribution in [-0.4, -0.2) is 31.4 Å². The lowest BCUT2D eigenvalue weighted by molar-refractivity contribution is 0.594. The zero-order valence-corrected chi connectivity index (χ0v) is 13.5. The topological polar surface area (TPSA) is 86.9 Å². The van der Waals surface area contributed by atoms with Crippen molar-refractivity contribution in [1.29, 1.82) is 0 Å². The molecule has 1 heterocycles. The van der Waals surface area contributed by atoms with E-state index in [1.165, 1.54) is 18.0 Å². The van der Waals surface area contributed by atoms with E-state index in [4.69, 9.17) is 0 Å². The van der Waals surface area contributed by atoms with Crippen LogP contribution in [0.5, 0.6) is 0 Å². The highest BCUT2D eigenvalue weighted by atomic mass is 32.2. The molecule has 0 amide bonds. The fourth-order valence-electron chi connectivity index (χ4n) is 1.84. The van der Waals surface area contributed by atoms with Gasteiger partial charge in [0.25, 0.3) is 10.0 Å². The Labute approximate surface area is 128 Å². The van der Waals surface area contributed by atoms with Crippen LogP contribution < -0.4 is 10.0 Å². The van der Waals surface area contributed by atoms with Gasteiger partial charge in [-0.2, -0.15) is 13.5 Å². The van der Waals surface area contributed by atoms with E-state index in [2.05, 4.69) is 20.2 Å². The zero-order valence-electron chi connectivity index (χ0n) is 11.9. The summed E-state index contributed by atoms with van der Waals surface area (Å²) in [6.45, 7) is 3.17. The highest BCUT2D eigenvalue weighted by Crippen LogP contribution is 2.27. The molecule has 6 nitrogen and oxygen atoms in total. The lowest BCUT2D eigenvalue weighted by Gasteiger charge is -2.11. The van der Waals surface area contributed by atoms with Crippen LogP contribution in [0.25, 0.3) is 0 Å². The Kier molecular flexibility index (Phi) is 5.27. The molecule has 1 aromatic carbocycles. The van der Waals surface area contributed by atoms with Crippen LogP contribution in [0, 0.1) is 0 Å². The van der Waals surface area contributed by atoms with Crippen molar-refractivity contribution in [3.63, 3.8) is 0 Å². The molecule has 0 fully saturated rings. The summed E-state index contributed by atoms with van der Waals surface area (Å²) in [5.74, 6) is 0. The van der Waals surface area contributed by atoms with Gasteiger partial charge in [-0.15, -0.1) is 11.8 Å². The van der Waals surface area contributed by atoms with Crippen molar-refractivity contribution in [3.8, 4) is 0 Å². The van der Waals surface area contributed by atoms with E-state index in [9.17, 15) is 8.42 Å². The maximum absolute atomic E-state index is 12.5. The summed E-state index contributed by atoms with van der Waals surface area (Å²) in [4.78, 5) is 0.869. The van der Waals surface area contributed by atoms with Crippen molar-refractivity contribution < 1.29 is 8.42 Å². The zero-order chi connectivity index (χ0) is 15.3. The third-order valence-corrected chi connectivity index (χ3v) is 5.04. The van der Waals surface area contributed by atoms with Crippen LogP contribution in [0.4, 0.5) is 5.69 Å². The highest BCUT2D eigenvalue weighted by Gasteiger charge is 2.21. The summed E-state index contributed by atoms with van der Waals surface area (Å²) in [5.41, 5.74) is 1.18. The fraction of sp³-hybridized carbons (Fsp3) is 0.308. The Hall–Kier alpha value is -1.51. The average molecular weight is 326 g/mol. The second kappa shape index (κ2) is 6.97. The molecule has 0 aliphatic carbocycles. The van der Waals surface area contributed by atoms with Gasteiger partial charge < -0.3 is 5.32 Å². The molecule has 8 heteroatoms. The van der Waals surface area contributed by atoms with Crippen molar-refractivity contribution in [2.45, 2.75) is 23.4 Å². The number of sulfonamides is 1. The quantitative estimate of drug-likeness (QED) is 0.678. The number of nitrogens with one attached hydrogen (secondary N) is 3. The molecule has 0 radical (unpaired) electrons. The van der Waals surface area contributed by atoms with Gasteiger partial charge in [0, 0.05) is 17.0 Å². The summed E-state index contributed by atoms with van der Waals surface area (Å²) in [7, 11) is -3.69. The first-order valence-corrected chi connectivity index (χ1v) is 9.18. The molecule has 1 aromatic heterocycles. The standard InChI is InChI=1S/C13H18N4O2S2/c1-3-14-8-10-9-15-16-13(10)21(18,19)17-11-6-4-5-7-12(11)20-2/h4-7,9,14,17H,3,8H2,1-2H3,(H,15,16). The van der Waals surface area contributed by atoms with Crippen LogP contribution in [0.3, 0.4) is 0 Å². The third kappa shape index (κ3) is 3.78. The molecule has 0 aliphatic rings. The van der Waals surface area contributed by atoms with E-state index in [-0.39, 0.29) is 5.03 Å². The normalized spacial score (nSPS) is 11.5. The number of para-hydroxylation sites is 1. The number of anilines is 1. The van der Waals surface area contributed by atoms with Gasteiger partial charge >= 0.3 is 0 Å². The van der Waals surface area contributed by atoms with E-state index in [1.54, 1.807) is 12.1 Å². The monoisotopic (exact) mass is 326 g/mol. The Morgan fingerprint density at radius 1 is 1.33 bits per heavy atom. The molecule has 0 spiro atoms. The van der Waals surface area contributed by atoms with Gasteiger partial charge in [0.05, 0.1) is 11.9 Å². The Balaban J connectivity index is 2.28. The van der Waals surface area contributed by atoms with E-state index in [0.29, 0.717) is 17.8 Å². The van der Waals surface area contributed by atoms with Crippen molar-refractivity contribution in [2.24, 2.45) is 0 Å². The van der Waals surface area contributed by atoms with Gasteiger partial charge in [-0.25, -0.2) is 0 Å². The SMILES string of the molecule is CCNCc1cn[nH]c1S(=O)(=O)Nc1ccccc1SC.